The van der Waals surface area contributed by atoms with E-state index >= 15 is 0 Å². The maximum absolute atomic E-state index is 13.9. The first-order chi connectivity index (χ1) is 15.4. The molecule has 0 aliphatic heterocycles. The van der Waals surface area contributed by atoms with E-state index in [4.69, 9.17) is 32.7 Å². The number of amides is 1. The fourth-order valence-electron chi connectivity index (χ4n) is 2.81. The number of carbonyl (C=O) groups is 1. The molecule has 3 aromatic carbocycles. The Kier molecular flexibility index (Phi) is 6.39. The van der Waals surface area contributed by atoms with Gasteiger partial charge in [-0.15, -0.1) is 0 Å². The monoisotopic (exact) mass is 471 g/mol. The minimum Gasteiger partial charge on any atom is -0.481 e. The summed E-state index contributed by atoms with van der Waals surface area (Å²) in [5, 5.41) is 3.30. The topological polar surface area (TPSA) is 73.3 Å². The van der Waals surface area contributed by atoms with Crippen molar-refractivity contribution in [2.45, 2.75) is 13.0 Å². The van der Waals surface area contributed by atoms with E-state index in [0.717, 1.165) is 6.07 Å². The summed E-state index contributed by atoms with van der Waals surface area (Å²) in [4.78, 5) is 21.0. The van der Waals surface area contributed by atoms with Crippen LogP contribution in [0.3, 0.4) is 0 Å². The van der Waals surface area contributed by atoms with Gasteiger partial charge in [0.05, 0.1) is 22.9 Å². The number of hydrogen-bond donors (Lipinski definition) is 1. The van der Waals surface area contributed by atoms with Gasteiger partial charge in [-0.25, -0.2) is 14.4 Å². The number of hydrogen-bond acceptors (Lipinski definition) is 5. The fraction of sp³-hybridized carbons (Fsp3) is 0.0870. The van der Waals surface area contributed by atoms with Gasteiger partial charge in [-0.2, -0.15) is 0 Å². The van der Waals surface area contributed by atoms with Crippen LogP contribution in [0.15, 0.2) is 66.9 Å². The number of rotatable bonds is 6. The number of benzene rings is 3. The van der Waals surface area contributed by atoms with Crippen LogP contribution in [0.1, 0.15) is 6.92 Å². The standard InChI is InChI=1S/C23H16Cl2FN3O3/c1-13(23(30)29-19-8-2-14(24)10-18(19)26)31-16-4-6-17(7-5-16)32-22-12-27-21-11-15(25)3-9-20(21)28-22/h2-13H,1H3,(H,29,30)/t13-/m1/s1. The van der Waals surface area contributed by atoms with Gasteiger partial charge in [0, 0.05) is 10.0 Å². The zero-order valence-corrected chi connectivity index (χ0v) is 18.2. The van der Waals surface area contributed by atoms with E-state index in [9.17, 15) is 9.18 Å². The summed E-state index contributed by atoms with van der Waals surface area (Å²) >= 11 is 11.7. The van der Waals surface area contributed by atoms with Crippen LogP contribution in [0, 0.1) is 5.82 Å². The van der Waals surface area contributed by atoms with Crippen molar-refractivity contribution in [3.8, 4) is 17.4 Å². The van der Waals surface area contributed by atoms with Crippen molar-refractivity contribution in [1.29, 1.82) is 0 Å². The van der Waals surface area contributed by atoms with Crippen molar-refractivity contribution in [3.63, 3.8) is 0 Å². The van der Waals surface area contributed by atoms with Crippen molar-refractivity contribution in [1.82, 2.24) is 9.97 Å². The molecule has 162 valence electrons. The highest BCUT2D eigenvalue weighted by Gasteiger charge is 2.17. The molecule has 0 saturated heterocycles. The van der Waals surface area contributed by atoms with Gasteiger partial charge in [-0.3, -0.25) is 4.79 Å². The number of ether oxygens (including phenoxy) is 2. The average molecular weight is 472 g/mol. The van der Waals surface area contributed by atoms with Crippen molar-refractivity contribution >= 4 is 45.8 Å². The van der Waals surface area contributed by atoms with Gasteiger partial charge >= 0.3 is 0 Å². The molecule has 1 aromatic heterocycles. The molecule has 1 amide bonds. The Bertz CT molecular complexity index is 1290. The molecule has 0 aliphatic carbocycles. The van der Waals surface area contributed by atoms with Gasteiger partial charge in [-0.05, 0) is 67.6 Å². The third kappa shape index (κ3) is 5.25. The SMILES string of the molecule is C[C@@H](Oc1ccc(Oc2cnc3cc(Cl)ccc3n2)cc1)C(=O)Nc1ccc(Cl)cc1F. The van der Waals surface area contributed by atoms with Gasteiger partial charge in [-0.1, -0.05) is 23.2 Å². The maximum atomic E-state index is 13.9. The first-order valence-electron chi connectivity index (χ1n) is 9.50. The molecule has 6 nitrogen and oxygen atoms in total. The van der Waals surface area contributed by atoms with Gasteiger partial charge in [0.15, 0.2) is 6.10 Å². The number of anilines is 1. The third-order valence-corrected chi connectivity index (χ3v) is 4.87. The van der Waals surface area contributed by atoms with E-state index in [1.54, 1.807) is 49.4 Å². The second kappa shape index (κ2) is 9.38. The second-order valence-corrected chi connectivity index (χ2v) is 7.66. The Balaban J connectivity index is 1.37. The van der Waals surface area contributed by atoms with Gasteiger partial charge in [0.1, 0.15) is 17.3 Å². The Morgan fingerprint density at radius 3 is 2.41 bits per heavy atom. The number of halogens is 3. The van der Waals surface area contributed by atoms with Crippen LogP contribution in [0.2, 0.25) is 10.0 Å². The van der Waals surface area contributed by atoms with Crippen LogP contribution in [0.5, 0.6) is 17.4 Å². The summed E-state index contributed by atoms with van der Waals surface area (Å²) < 4.78 is 25.2. The van der Waals surface area contributed by atoms with E-state index in [1.165, 1.54) is 18.3 Å². The quantitative estimate of drug-likeness (QED) is 0.358. The summed E-state index contributed by atoms with van der Waals surface area (Å²) in [6, 6.07) is 15.8. The molecule has 4 aromatic rings. The molecule has 9 heteroatoms. The lowest BCUT2D eigenvalue weighted by Gasteiger charge is -2.15. The second-order valence-electron chi connectivity index (χ2n) is 6.79. The number of nitrogens with one attached hydrogen (secondary N) is 1. The summed E-state index contributed by atoms with van der Waals surface area (Å²) in [6.07, 6.45) is 0.640. The number of nitrogens with zero attached hydrogens (tertiary/aromatic N) is 2. The van der Waals surface area contributed by atoms with E-state index < -0.39 is 17.8 Å². The summed E-state index contributed by atoms with van der Waals surface area (Å²) in [6.45, 7) is 1.56. The van der Waals surface area contributed by atoms with Crippen LogP contribution < -0.4 is 14.8 Å². The van der Waals surface area contributed by atoms with E-state index in [1.807, 2.05) is 0 Å². The van der Waals surface area contributed by atoms with E-state index in [2.05, 4.69) is 15.3 Å². The fourth-order valence-corrected chi connectivity index (χ4v) is 3.13. The Labute approximate surface area is 192 Å². The van der Waals surface area contributed by atoms with E-state index in [-0.39, 0.29) is 10.7 Å². The van der Waals surface area contributed by atoms with E-state index in [0.29, 0.717) is 33.4 Å². The minimum absolute atomic E-state index is 0.0253. The van der Waals surface area contributed by atoms with Gasteiger partial charge < -0.3 is 14.8 Å². The predicted molar refractivity (Wildman–Crippen MR) is 121 cm³/mol. The molecule has 0 saturated carbocycles. The summed E-state index contributed by atoms with van der Waals surface area (Å²) in [5.74, 6) is 0.153. The third-order valence-electron chi connectivity index (χ3n) is 4.40. The number of fused-ring (bicyclic) bond motifs is 1. The number of aromatic nitrogens is 2. The molecule has 0 fully saturated rings. The molecule has 1 N–H and O–H groups in total. The van der Waals surface area contributed by atoms with Crippen molar-refractivity contribution < 1.29 is 18.7 Å². The Morgan fingerprint density at radius 2 is 1.66 bits per heavy atom. The Hall–Kier alpha value is -3.42. The lowest BCUT2D eigenvalue weighted by Crippen LogP contribution is -2.30. The molecule has 0 radical (unpaired) electrons. The maximum Gasteiger partial charge on any atom is 0.265 e. The van der Waals surface area contributed by atoms with Crippen LogP contribution in [0.25, 0.3) is 11.0 Å². The molecule has 32 heavy (non-hydrogen) atoms. The zero-order chi connectivity index (χ0) is 22.7. The highest BCUT2D eigenvalue weighted by atomic mass is 35.5. The zero-order valence-electron chi connectivity index (χ0n) is 16.7. The van der Waals surface area contributed by atoms with Crippen molar-refractivity contribution in [2.24, 2.45) is 0 Å². The van der Waals surface area contributed by atoms with Crippen LogP contribution >= 0.6 is 23.2 Å². The molecule has 0 unspecified atom stereocenters. The first-order valence-corrected chi connectivity index (χ1v) is 10.3. The molecule has 1 heterocycles. The lowest BCUT2D eigenvalue weighted by molar-refractivity contribution is -0.122. The first kappa shape index (κ1) is 21.8. The molecule has 4 rings (SSSR count). The molecule has 1 atom stereocenters. The molecule has 0 bridgehead atoms. The summed E-state index contributed by atoms with van der Waals surface area (Å²) in [7, 11) is 0. The lowest BCUT2D eigenvalue weighted by atomic mass is 10.2. The molecule has 0 aliphatic rings. The highest BCUT2D eigenvalue weighted by molar-refractivity contribution is 6.31. The summed E-state index contributed by atoms with van der Waals surface area (Å²) in [5.41, 5.74) is 1.35. The van der Waals surface area contributed by atoms with Gasteiger partial charge in [0.2, 0.25) is 5.88 Å². The van der Waals surface area contributed by atoms with Crippen LogP contribution in [-0.4, -0.2) is 22.0 Å². The minimum atomic E-state index is -0.866. The normalized spacial score (nSPS) is 11.8. The number of carbonyl (C=O) groups excluding carboxylic acids is 1. The smallest absolute Gasteiger partial charge is 0.265 e. The van der Waals surface area contributed by atoms with Crippen molar-refractivity contribution in [2.75, 3.05) is 5.32 Å². The largest absolute Gasteiger partial charge is 0.481 e. The molecule has 0 spiro atoms. The molecular weight excluding hydrogens is 456 g/mol. The Morgan fingerprint density at radius 1 is 0.969 bits per heavy atom. The van der Waals surface area contributed by atoms with Crippen LogP contribution in [-0.2, 0) is 4.79 Å². The van der Waals surface area contributed by atoms with Crippen molar-refractivity contribution in [3.05, 3.63) is 82.7 Å². The van der Waals surface area contributed by atoms with Gasteiger partial charge in [0.25, 0.3) is 5.91 Å². The average Bonchev–Trinajstić information content (AvgIpc) is 2.77. The van der Waals surface area contributed by atoms with Crippen LogP contribution in [0.4, 0.5) is 10.1 Å². The highest BCUT2D eigenvalue weighted by Crippen LogP contribution is 2.25. The predicted octanol–water partition coefficient (Wildman–Crippen LogP) is 6.27. The molecular formula is C23H16Cl2FN3O3.